The summed E-state index contributed by atoms with van der Waals surface area (Å²) in [5.41, 5.74) is 1.07. The zero-order valence-corrected chi connectivity index (χ0v) is 9.75. The van der Waals surface area contributed by atoms with E-state index in [0.717, 1.165) is 31.6 Å². The minimum atomic E-state index is -0.146. The molecule has 2 aliphatic heterocycles. The van der Waals surface area contributed by atoms with Crippen LogP contribution in [0.25, 0.3) is 0 Å². The molecule has 2 fully saturated rings. The largest absolute Gasteiger partial charge is 0.312 e. The van der Waals surface area contributed by atoms with Gasteiger partial charge in [-0.1, -0.05) is 12.1 Å². The van der Waals surface area contributed by atoms with Gasteiger partial charge in [0.15, 0.2) is 0 Å². The third-order valence-corrected chi connectivity index (χ3v) is 3.78. The first-order valence-electron chi connectivity index (χ1n) is 6.27. The lowest BCUT2D eigenvalue weighted by Gasteiger charge is -2.34. The van der Waals surface area contributed by atoms with Crippen molar-refractivity contribution in [1.82, 2.24) is 16.0 Å². The minimum Gasteiger partial charge on any atom is -0.312 e. The van der Waals surface area contributed by atoms with Crippen LogP contribution < -0.4 is 16.0 Å². The van der Waals surface area contributed by atoms with E-state index in [-0.39, 0.29) is 5.82 Å². The van der Waals surface area contributed by atoms with Crippen molar-refractivity contribution in [2.24, 2.45) is 0 Å². The molecule has 3 atom stereocenters. The Morgan fingerprint density at radius 1 is 1.24 bits per heavy atom. The number of fused-ring (bicyclic) bond motifs is 1. The molecule has 3 nitrogen and oxygen atoms in total. The van der Waals surface area contributed by atoms with Crippen molar-refractivity contribution in [3.05, 3.63) is 35.6 Å². The number of benzene rings is 1. The molecule has 4 heteroatoms. The quantitative estimate of drug-likeness (QED) is 0.703. The van der Waals surface area contributed by atoms with Crippen LogP contribution in [0.2, 0.25) is 0 Å². The van der Waals surface area contributed by atoms with Gasteiger partial charge in [0.05, 0.1) is 0 Å². The molecule has 17 heavy (non-hydrogen) atoms. The van der Waals surface area contributed by atoms with Crippen LogP contribution in [0.1, 0.15) is 12.0 Å². The van der Waals surface area contributed by atoms with Crippen LogP contribution in [0.3, 0.4) is 0 Å². The van der Waals surface area contributed by atoms with Crippen LogP contribution in [0, 0.1) is 5.82 Å². The molecular formula is C13H18FN3. The molecule has 2 heterocycles. The van der Waals surface area contributed by atoms with Gasteiger partial charge in [0.25, 0.3) is 0 Å². The normalized spacial score (nSPS) is 32.4. The summed E-state index contributed by atoms with van der Waals surface area (Å²) in [7, 11) is 0. The number of nitrogens with one attached hydrogen (secondary N) is 3. The van der Waals surface area contributed by atoms with Gasteiger partial charge in [0, 0.05) is 24.8 Å². The van der Waals surface area contributed by atoms with E-state index >= 15 is 0 Å². The highest BCUT2D eigenvalue weighted by molar-refractivity contribution is 5.19. The maximum Gasteiger partial charge on any atom is 0.123 e. The predicted molar refractivity (Wildman–Crippen MR) is 65.2 cm³/mol. The fourth-order valence-electron chi connectivity index (χ4n) is 2.95. The average Bonchev–Trinajstić information content (AvgIpc) is 2.78. The fraction of sp³-hybridized carbons (Fsp3) is 0.538. The Morgan fingerprint density at radius 2 is 2.18 bits per heavy atom. The summed E-state index contributed by atoms with van der Waals surface area (Å²) in [6, 6.07) is 8.33. The van der Waals surface area contributed by atoms with Crippen molar-refractivity contribution in [3.63, 3.8) is 0 Å². The van der Waals surface area contributed by atoms with Crippen molar-refractivity contribution in [1.29, 1.82) is 0 Å². The number of halogens is 1. The van der Waals surface area contributed by atoms with Gasteiger partial charge in [-0.15, -0.1) is 0 Å². The minimum absolute atomic E-state index is 0.146. The third kappa shape index (κ3) is 2.34. The Kier molecular flexibility index (Phi) is 3.09. The molecule has 2 saturated heterocycles. The van der Waals surface area contributed by atoms with E-state index in [4.69, 9.17) is 0 Å². The maximum absolute atomic E-state index is 13.1. The van der Waals surface area contributed by atoms with Gasteiger partial charge in [-0.05, 0) is 37.1 Å². The third-order valence-electron chi connectivity index (χ3n) is 3.78. The standard InChI is InChI=1S/C13H18FN3/c14-10-3-1-2-9(6-10)7-12-13-11(4-5-15-12)16-8-17-13/h1-3,6,11-13,15-17H,4-5,7-8H2. The second-order valence-corrected chi connectivity index (χ2v) is 4.90. The SMILES string of the molecule is Fc1cccc(CC2NCCC3NCNC32)c1. The molecule has 0 saturated carbocycles. The summed E-state index contributed by atoms with van der Waals surface area (Å²) < 4.78 is 13.1. The number of rotatable bonds is 2. The lowest BCUT2D eigenvalue weighted by molar-refractivity contribution is 0.302. The van der Waals surface area contributed by atoms with Crippen LogP contribution in [-0.2, 0) is 6.42 Å². The maximum atomic E-state index is 13.1. The topological polar surface area (TPSA) is 36.1 Å². The van der Waals surface area contributed by atoms with E-state index < -0.39 is 0 Å². The first-order valence-corrected chi connectivity index (χ1v) is 6.27. The number of piperidine rings is 1. The van der Waals surface area contributed by atoms with E-state index in [1.54, 1.807) is 12.1 Å². The zero-order valence-electron chi connectivity index (χ0n) is 9.75. The molecule has 92 valence electrons. The average molecular weight is 235 g/mol. The van der Waals surface area contributed by atoms with E-state index in [0.29, 0.717) is 18.1 Å². The van der Waals surface area contributed by atoms with E-state index in [1.807, 2.05) is 6.07 Å². The van der Waals surface area contributed by atoms with Gasteiger partial charge in [0.2, 0.25) is 0 Å². The zero-order chi connectivity index (χ0) is 11.7. The lowest BCUT2D eigenvalue weighted by Crippen LogP contribution is -2.57. The number of hydrogen-bond donors (Lipinski definition) is 3. The van der Waals surface area contributed by atoms with Crippen molar-refractivity contribution >= 4 is 0 Å². The summed E-state index contributed by atoms with van der Waals surface area (Å²) in [6.07, 6.45) is 2.05. The highest BCUT2D eigenvalue weighted by Crippen LogP contribution is 2.17. The van der Waals surface area contributed by atoms with Crippen LogP contribution >= 0.6 is 0 Å². The van der Waals surface area contributed by atoms with Gasteiger partial charge in [-0.25, -0.2) is 4.39 Å². The second kappa shape index (κ2) is 4.72. The predicted octanol–water partition coefficient (Wildman–Crippen LogP) is 0.618. The van der Waals surface area contributed by atoms with E-state index in [9.17, 15) is 4.39 Å². The summed E-state index contributed by atoms with van der Waals surface area (Å²) in [4.78, 5) is 0. The van der Waals surface area contributed by atoms with Gasteiger partial charge in [-0.2, -0.15) is 0 Å². The van der Waals surface area contributed by atoms with Crippen LogP contribution in [-0.4, -0.2) is 31.3 Å². The Hall–Kier alpha value is -0.970. The van der Waals surface area contributed by atoms with Crippen LogP contribution in [0.5, 0.6) is 0 Å². The van der Waals surface area contributed by atoms with Crippen molar-refractivity contribution in [2.45, 2.75) is 31.0 Å². The number of hydrogen-bond acceptors (Lipinski definition) is 3. The highest BCUT2D eigenvalue weighted by Gasteiger charge is 2.35. The first-order chi connectivity index (χ1) is 8.33. The molecule has 1 aromatic carbocycles. The first kappa shape index (κ1) is 11.1. The molecule has 0 radical (unpaired) electrons. The molecule has 3 rings (SSSR count). The van der Waals surface area contributed by atoms with Crippen molar-refractivity contribution < 1.29 is 4.39 Å². The summed E-state index contributed by atoms with van der Waals surface area (Å²) in [6.45, 7) is 1.92. The second-order valence-electron chi connectivity index (χ2n) is 4.90. The molecule has 3 N–H and O–H groups in total. The Labute approximate surface area is 101 Å². The Balaban J connectivity index is 1.71. The molecule has 0 bridgehead atoms. The molecule has 0 aromatic heterocycles. The van der Waals surface area contributed by atoms with Gasteiger partial charge in [0.1, 0.15) is 5.82 Å². The van der Waals surface area contributed by atoms with Crippen LogP contribution in [0.15, 0.2) is 24.3 Å². The molecule has 2 aliphatic rings. The molecular weight excluding hydrogens is 217 g/mol. The Morgan fingerprint density at radius 3 is 3.06 bits per heavy atom. The molecule has 0 spiro atoms. The molecule has 3 unspecified atom stereocenters. The molecule has 0 aliphatic carbocycles. The van der Waals surface area contributed by atoms with E-state index in [1.165, 1.54) is 6.07 Å². The molecule has 0 amide bonds. The van der Waals surface area contributed by atoms with Crippen molar-refractivity contribution in [2.75, 3.05) is 13.2 Å². The summed E-state index contributed by atoms with van der Waals surface area (Å²) in [5, 5.41) is 10.5. The smallest absolute Gasteiger partial charge is 0.123 e. The lowest BCUT2D eigenvalue weighted by atomic mass is 9.90. The highest BCUT2D eigenvalue weighted by atomic mass is 19.1. The van der Waals surface area contributed by atoms with E-state index in [2.05, 4.69) is 16.0 Å². The monoisotopic (exact) mass is 235 g/mol. The summed E-state index contributed by atoms with van der Waals surface area (Å²) in [5.74, 6) is -0.146. The van der Waals surface area contributed by atoms with Gasteiger partial charge >= 0.3 is 0 Å². The molecule has 1 aromatic rings. The Bertz CT molecular complexity index is 396. The van der Waals surface area contributed by atoms with Gasteiger partial charge in [-0.3, -0.25) is 5.32 Å². The van der Waals surface area contributed by atoms with Crippen LogP contribution in [0.4, 0.5) is 4.39 Å². The summed E-state index contributed by atoms with van der Waals surface area (Å²) >= 11 is 0. The van der Waals surface area contributed by atoms with Gasteiger partial charge < -0.3 is 10.6 Å². The fourth-order valence-corrected chi connectivity index (χ4v) is 2.95. The van der Waals surface area contributed by atoms with Crippen molar-refractivity contribution in [3.8, 4) is 0 Å².